The second kappa shape index (κ2) is 16.1. The van der Waals surface area contributed by atoms with Crippen molar-refractivity contribution < 1.29 is 33.0 Å². The molecule has 2 rings (SSSR count). The van der Waals surface area contributed by atoms with Gasteiger partial charge in [-0.1, -0.05) is 46.3 Å². The van der Waals surface area contributed by atoms with Crippen molar-refractivity contribution in [2.24, 2.45) is 0 Å². The van der Waals surface area contributed by atoms with Gasteiger partial charge in [0.25, 0.3) is 0 Å². The predicted octanol–water partition coefficient (Wildman–Crippen LogP) is 3.34. The summed E-state index contributed by atoms with van der Waals surface area (Å²) in [5.74, 6) is -0.370. The Morgan fingerprint density at radius 1 is 1.00 bits per heavy atom. The van der Waals surface area contributed by atoms with E-state index < -0.39 is 34.2 Å². The second-order valence-electron chi connectivity index (χ2n) is 9.89. The Labute approximate surface area is 245 Å². The molecule has 0 saturated carbocycles. The summed E-state index contributed by atoms with van der Waals surface area (Å²) in [4.78, 5) is 25.0. The second-order valence-corrected chi connectivity index (χ2v) is 12.6. The minimum Gasteiger partial charge on any atom is -0.453 e. The van der Waals surface area contributed by atoms with Crippen molar-refractivity contribution in [3.63, 3.8) is 0 Å². The highest BCUT2D eigenvalue weighted by Gasteiger charge is 2.33. The van der Waals surface area contributed by atoms with Gasteiger partial charge in [-0.3, -0.25) is 4.79 Å². The third-order valence-corrected chi connectivity index (χ3v) is 9.42. The van der Waals surface area contributed by atoms with E-state index in [1.807, 2.05) is 31.2 Å². The fourth-order valence-electron chi connectivity index (χ4n) is 4.45. The molecule has 0 heterocycles. The molecule has 10 nitrogen and oxygen atoms in total. The van der Waals surface area contributed by atoms with E-state index >= 15 is 0 Å². The van der Waals surface area contributed by atoms with Crippen LogP contribution in [0.3, 0.4) is 0 Å². The molecule has 0 unspecified atom stereocenters. The molecular weight excluding hydrogens is 602 g/mol. The number of amides is 2. The van der Waals surface area contributed by atoms with Crippen molar-refractivity contribution in [3.8, 4) is 0 Å². The van der Waals surface area contributed by atoms with E-state index in [2.05, 4.69) is 31.3 Å². The Hall–Kier alpha value is -2.51. The Bertz CT molecular complexity index is 1210. The highest BCUT2D eigenvalue weighted by Crippen LogP contribution is 2.24. The maximum absolute atomic E-state index is 13.4. The number of aliphatic hydroxyl groups excluding tert-OH is 2. The van der Waals surface area contributed by atoms with Gasteiger partial charge in [0.1, 0.15) is 6.04 Å². The van der Waals surface area contributed by atoms with Gasteiger partial charge in [0.2, 0.25) is 15.9 Å². The van der Waals surface area contributed by atoms with Gasteiger partial charge in [0.15, 0.2) is 0 Å². The van der Waals surface area contributed by atoms with E-state index in [1.165, 1.54) is 23.5 Å². The standard InChI is InChI=1S/C28H40BrN3O7S/c1-19(2)32(40(37,38)24-14-12-21(17-33)13-15-24)23(18-34)10-7-8-20(3)30-27(35)26(31-28(36)39-4)16-22-9-5-6-11-25(22)29/h5-6,9,11-15,19-20,23,26,33-34H,7-8,10,16-18H2,1-4H3,(H,30,35)(H,31,36)/t20-,23-,26-/m0/s1. The lowest BCUT2D eigenvalue weighted by molar-refractivity contribution is -0.123. The lowest BCUT2D eigenvalue weighted by Crippen LogP contribution is -2.50. The van der Waals surface area contributed by atoms with Gasteiger partial charge in [-0.15, -0.1) is 0 Å². The number of sulfonamides is 1. The first-order valence-corrected chi connectivity index (χ1v) is 15.4. The van der Waals surface area contributed by atoms with Crippen LogP contribution in [0.15, 0.2) is 57.9 Å². The number of benzene rings is 2. The smallest absolute Gasteiger partial charge is 0.407 e. The van der Waals surface area contributed by atoms with E-state index in [1.54, 1.807) is 26.0 Å². The van der Waals surface area contributed by atoms with Crippen LogP contribution in [-0.2, 0) is 32.6 Å². The van der Waals surface area contributed by atoms with Crippen molar-refractivity contribution in [1.29, 1.82) is 0 Å². The number of rotatable bonds is 15. The van der Waals surface area contributed by atoms with Crippen LogP contribution in [0.4, 0.5) is 4.79 Å². The molecule has 0 radical (unpaired) electrons. The monoisotopic (exact) mass is 641 g/mol. The number of alkyl carbamates (subject to hydrolysis) is 1. The molecule has 2 aromatic carbocycles. The highest BCUT2D eigenvalue weighted by atomic mass is 79.9. The highest BCUT2D eigenvalue weighted by molar-refractivity contribution is 9.10. The molecule has 2 amide bonds. The Kier molecular flexibility index (Phi) is 13.5. The topological polar surface area (TPSA) is 145 Å². The number of carbonyl (C=O) groups is 2. The molecule has 3 atom stereocenters. The number of halogens is 1. The van der Waals surface area contributed by atoms with Crippen molar-refractivity contribution in [3.05, 3.63) is 64.1 Å². The molecule has 0 saturated heterocycles. The average Bonchev–Trinajstić information content (AvgIpc) is 2.92. The SMILES string of the molecule is COC(=O)N[C@@H](Cc1ccccc1Br)C(=O)N[C@@H](C)CCC[C@@H](CO)N(C(C)C)S(=O)(=O)c1ccc(CO)cc1. The van der Waals surface area contributed by atoms with Gasteiger partial charge in [-0.05, 0) is 69.4 Å². The van der Waals surface area contributed by atoms with Crippen LogP contribution in [-0.4, -0.2) is 72.8 Å². The van der Waals surface area contributed by atoms with Crippen LogP contribution in [0, 0.1) is 0 Å². The van der Waals surface area contributed by atoms with Crippen LogP contribution in [0.5, 0.6) is 0 Å². The molecule has 40 heavy (non-hydrogen) atoms. The fourth-order valence-corrected chi connectivity index (χ4v) is 6.74. The van der Waals surface area contributed by atoms with Crippen molar-refractivity contribution in [2.75, 3.05) is 13.7 Å². The van der Waals surface area contributed by atoms with E-state index in [9.17, 15) is 28.2 Å². The molecule has 12 heteroatoms. The summed E-state index contributed by atoms with van der Waals surface area (Å²) in [5, 5.41) is 24.9. The zero-order valence-corrected chi connectivity index (χ0v) is 25.7. The molecule has 0 aliphatic rings. The number of carbonyl (C=O) groups excluding carboxylic acids is 2. The summed E-state index contributed by atoms with van der Waals surface area (Å²) in [6.45, 7) is 4.80. The molecule has 0 aromatic heterocycles. The molecule has 0 aliphatic carbocycles. The van der Waals surface area contributed by atoms with Crippen LogP contribution in [0.1, 0.15) is 51.2 Å². The summed E-state index contributed by atoms with van der Waals surface area (Å²) in [7, 11) is -2.67. The number of hydrogen-bond acceptors (Lipinski definition) is 7. The van der Waals surface area contributed by atoms with Crippen LogP contribution >= 0.6 is 15.9 Å². The first-order valence-electron chi connectivity index (χ1n) is 13.2. The lowest BCUT2D eigenvalue weighted by Gasteiger charge is -2.33. The van der Waals surface area contributed by atoms with E-state index in [-0.39, 0.29) is 36.5 Å². The van der Waals surface area contributed by atoms with Gasteiger partial charge < -0.3 is 25.6 Å². The Balaban J connectivity index is 2.04. The zero-order valence-electron chi connectivity index (χ0n) is 23.3. The van der Waals surface area contributed by atoms with Crippen molar-refractivity contribution in [2.45, 2.75) is 82.1 Å². The number of ether oxygens (including phenoxy) is 1. The quantitative estimate of drug-likeness (QED) is 0.233. The number of nitrogens with zero attached hydrogens (tertiary/aromatic N) is 1. The fraction of sp³-hybridized carbons (Fsp3) is 0.500. The minimum absolute atomic E-state index is 0.0895. The molecule has 0 spiro atoms. The predicted molar refractivity (Wildman–Crippen MR) is 156 cm³/mol. The van der Waals surface area contributed by atoms with Crippen LogP contribution in [0.2, 0.25) is 0 Å². The molecular formula is C28H40BrN3O7S. The number of aliphatic hydroxyl groups is 2. The normalized spacial score (nSPS) is 14.0. The van der Waals surface area contributed by atoms with Crippen molar-refractivity contribution >= 4 is 38.0 Å². The van der Waals surface area contributed by atoms with Crippen LogP contribution < -0.4 is 10.6 Å². The summed E-state index contributed by atoms with van der Waals surface area (Å²) < 4.78 is 33.7. The molecule has 0 fully saturated rings. The first-order chi connectivity index (χ1) is 18.9. The maximum Gasteiger partial charge on any atom is 0.407 e. The maximum atomic E-state index is 13.4. The number of hydrogen-bond donors (Lipinski definition) is 4. The van der Waals surface area contributed by atoms with Crippen molar-refractivity contribution in [1.82, 2.24) is 14.9 Å². The molecule has 4 N–H and O–H groups in total. The van der Waals surface area contributed by atoms with Gasteiger partial charge in [-0.25, -0.2) is 13.2 Å². The first kappa shape index (κ1) is 33.7. The molecule has 222 valence electrons. The summed E-state index contributed by atoms with van der Waals surface area (Å²) in [6, 6.07) is 11.2. The third kappa shape index (κ3) is 9.55. The number of methoxy groups -OCH3 is 1. The van der Waals surface area contributed by atoms with Gasteiger partial charge >= 0.3 is 6.09 Å². The number of nitrogens with one attached hydrogen (secondary N) is 2. The summed E-state index contributed by atoms with van der Waals surface area (Å²) >= 11 is 3.47. The van der Waals surface area contributed by atoms with E-state index in [0.29, 0.717) is 24.8 Å². The summed E-state index contributed by atoms with van der Waals surface area (Å²) in [6.07, 6.45) is 0.978. The Morgan fingerprint density at radius 3 is 2.20 bits per heavy atom. The third-order valence-electron chi connectivity index (χ3n) is 6.50. The molecule has 0 bridgehead atoms. The lowest BCUT2D eigenvalue weighted by atomic mass is 10.0. The minimum atomic E-state index is -3.90. The zero-order chi connectivity index (χ0) is 29.9. The average molecular weight is 643 g/mol. The molecule has 2 aromatic rings. The molecule has 0 aliphatic heterocycles. The Morgan fingerprint density at radius 2 is 1.65 bits per heavy atom. The van der Waals surface area contributed by atoms with E-state index in [0.717, 1.165) is 10.0 Å². The van der Waals surface area contributed by atoms with Gasteiger partial charge in [-0.2, -0.15) is 4.31 Å². The van der Waals surface area contributed by atoms with Gasteiger partial charge in [0.05, 0.1) is 25.2 Å². The largest absolute Gasteiger partial charge is 0.453 e. The summed E-state index contributed by atoms with van der Waals surface area (Å²) in [5.41, 5.74) is 1.45. The van der Waals surface area contributed by atoms with Gasteiger partial charge in [0, 0.05) is 29.0 Å². The van der Waals surface area contributed by atoms with Crippen LogP contribution in [0.25, 0.3) is 0 Å². The van der Waals surface area contributed by atoms with E-state index in [4.69, 9.17) is 0 Å².